The molecule has 0 radical (unpaired) electrons. The van der Waals surface area contributed by atoms with Crippen LogP contribution in [-0.4, -0.2) is 9.97 Å². The van der Waals surface area contributed by atoms with Crippen LogP contribution in [0, 0.1) is 10.6 Å². The van der Waals surface area contributed by atoms with Crippen LogP contribution < -0.4 is 0 Å². The largest absolute Gasteiger partial charge is 0.337 e. The maximum absolute atomic E-state index is 13.6. The predicted octanol–water partition coefficient (Wildman–Crippen LogP) is 3.48. The Kier molecular flexibility index (Phi) is 2.59. The first-order valence-electron chi connectivity index (χ1n) is 5.78. The molecule has 1 heterocycles. The van der Waals surface area contributed by atoms with Gasteiger partial charge >= 0.3 is 0 Å². The zero-order chi connectivity index (χ0) is 11.8. The minimum atomic E-state index is -0.0630. The van der Waals surface area contributed by atoms with Gasteiger partial charge in [-0.3, -0.25) is 0 Å². The monoisotopic (exact) mass is 248 g/mol. The number of hydrogen-bond acceptors (Lipinski definition) is 1. The van der Waals surface area contributed by atoms with Crippen LogP contribution in [0.2, 0.25) is 0 Å². The van der Waals surface area contributed by atoms with Crippen molar-refractivity contribution >= 4 is 12.2 Å². The first kappa shape index (κ1) is 10.7. The number of fused-ring (bicyclic) bond motifs is 1. The standard InChI is InChI=1S/C13H13FN2S/c14-12-3-1-2-10-8(4-5-11(10)12)6-9-7-15-13(17)16-9/h1-3,7-8H,4-6H2,(H2,15,16,17). The van der Waals surface area contributed by atoms with Gasteiger partial charge in [-0.25, -0.2) is 4.39 Å². The lowest BCUT2D eigenvalue weighted by molar-refractivity contribution is 0.612. The van der Waals surface area contributed by atoms with Crippen LogP contribution in [0.15, 0.2) is 24.4 Å². The molecule has 3 rings (SSSR count). The van der Waals surface area contributed by atoms with Crippen molar-refractivity contribution in [2.24, 2.45) is 0 Å². The molecule has 2 N–H and O–H groups in total. The van der Waals surface area contributed by atoms with Gasteiger partial charge in [-0.2, -0.15) is 0 Å². The van der Waals surface area contributed by atoms with E-state index in [2.05, 4.69) is 9.97 Å². The number of rotatable bonds is 2. The van der Waals surface area contributed by atoms with Crippen LogP contribution >= 0.6 is 12.2 Å². The smallest absolute Gasteiger partial charge is 0.174 e. The third-order valence-corrected chi connectivity index (χ3v) is 3.68. The highest BCUT2D eigenvalue weighted by molar-refractivity contribution is 7.71. The number of nitrogens with one attached hydrogen (secondary N) is 2. The molecule has 0 amide bonds. The van der Waals surface area contributed by atoms with E-state index in [-0.39, 0.29) is 5.82 Å². The number of hydrogen-bond donors (Lipinski definition) is 2. The fourth-order valence-electron chi connectivity index (χ4n) is 2.65. The third kappa shape index (κ3) is 1.93. The molecule has 0 fully saturated rings. The molecule has 2 aromatic rings. The van der Waals surface area contributed by atoms with Crippen molar-refractivity contribution in [1.82, 2.24) is 9.97 Å². The molecular formula is C13H13FN2S. The molecule has 0 spiro atoms. The van der Waals surface area contributed by atoms with Crippen LogP contribution in [0.3, 0.4) is 0 Å². The number of aromatic amines is 2. The molecule has 17 heavy (non-hydrogen) atoms. The molecular weight excluding hydrogens is 235 g/mol. The van der Waals surface area contributed by atoms with Crippen molar-refractivity contribution in [2.45, 2.75) is 25.2 Å². The molecule has 1 aromatic carbocycles. The topological polar surface area (TPSA) is 31.6 Å². The van der Waals surface area contributed by atoms with E-state index in [9.17, 15) is 4.39 Å². The summed E-state index contributed by atoms with van der Waals surface area (Å²) < 4.78 is 14.2. The molecule has 2 nitrogen and oxygen atoms in total. The molecule has 1 aromatic heterocycles. The quantitative estimate of drug-likeness (QED) is 0.783. The molecule has 0 saturated carbocycles. The van der Waals surface area contributed by atoms with Crippen molar-refractivity contribution in [3.05, 3.63) is 51.8 Å². The zero-order valence-electron chi connectivity index (χ0n) is 9.29. The number of aromatic nitrogens is 2. The van der Waals surface area contributed by atoms with Gasteiger partial charge in [-0.05, 0) is 54.6 Å². The van der Waals surface area contributed by atoms with E-state index in [1.54, 1.807) is 12.1 Å². The van der Waals surface area contributed by atoms with Crippen LogP contribution in [0.1, 0.15) is 29.2 Å². The zero-order valence-corrected chi connectivity index (χ0v) is 10.1. The summed E-state index contributed by atoms with van der Waals surface area (Å²) in [5.41, 5.74) is 3.15. The van der Waals surface area contributed by atoms with E-state index in [1.165, 1.54) is 0 Å². The summed E-state index contributed by atoms with van der Waals surface area (Å²) in [6, 6.07) is 5.38. The van der Waals surface area contributed by atoms with E-state index in [0.717, 1.165) is 36.1 Å². The van der Waals surface area contributed by atoms with E-state index in [1.807, 2.05) is 12.3 Å². The van der Waals surface area contributed by atoms with Crippen molar-refractivity contribution in [3.8, 4) is 0 Å². The number of H-pyrrole nitrogens is 2. The highest BCUT2D eigenvalue weighted by atomic mass is 32.1. The first-order valence-corrected chi connectivity index (χ1v) is 6.19. The minimum absolute atomic E-state index is 0.0630. The lowest BCUT2D eigenvalue weighted by atomic mass is 9.96. The van der Waals surface area contributed by atoms with Crippen LogP contribution in [0.5, 0.6) is 0 Å². The fourth-order valence-corrected chi connectivity index (χ4v) is 2.84. The van der Waals surface area contributed by atoms with Crippen LogP contribution in [0.25, 0.3) is 0 Å². The van der Waals surface area contributed by atoms with E-state index >= 15 is 0 Å². The molecule has 0 bridgehead atoms. The summed E-state index contributed by atoms with van der Waals surface area (Å²) >= 11 is 5.00. The van der Waals surface area contributed by atoms with Crippen molar-refractivity contribution in [1.29, 1.82) is 0 Å². The molecule has 0 saturated heterocycles. The summed E-state index contributed by atoms with van der Waals surface area (Å²) in [7, 11) is 0. The maximum Gasteiger partial charge on any atom is 0.174 e. The van der Waals surface area contributed by atoms with Crippen molar-refractivity contribution in [3.63, 3.8) is 0 Å². The second kappa shape index (κ2) is 4.11. The Morgan fingerprint density at radius 3 is 3.06 bits per heavy atom. The number of halogens is 1. The molecule has 1 unspecified atom stereocenters. The van der Waals surface area contributed by atoms with Gasteiger partial charge in [0, 0.05) is 11.9 Å². The van der Waals surface area contributed by atoms with Gasteiger partial charge in [-0.1, -0.05) is 12.1 Å². The highest BCUT2D eigenvalue weighted by Gasteiger charge is 2.25. The van der Waals surface area contributed by atoms with Crippen LogP contribution in [-0.2, 0) is 12.8 Å². The Balaban J connectivity index is 1.89. The Morgan fingerprint density at radius 2 is 2.29 bits per heavy atom. The first-order chi connectivity index (χ1) is 8.24. The minimum Gasteiger partial charge on any atom is -0.337 e. The van der Waals surface area contributed by atoms with Gasteiger partial charge in [-0.15, -0.1) is 0 Å². The van der Waals surface area contributed by atoms with Gasteiger partial charge in [0.05, 0.1) is 0 Å². The second-order valence-electron chi connectivity index (χ2n) is 4.52. The van der Waals surface area contributed by atoms with Gasteiger partial charge in [0.2, 0.25) is 0 Å². The van der Waals surface area contributed by atoms with Gasteiger partial charge in [0.15, 0.2) is 4.77 Å². The van der Waals surface area contributed by atoms with Gasteiger partial charge < -0.3 is 9.97 Å². The molecule has 88 valence electrons. The highest BCUT2D eigenvalue weighted by Crippen LogP contribution is 2.36. The number of benzene rings is 1. The summed E-state index contributed by atoms with van der Waals surface area (Å²) in [5, 5.41) is 0. The lowest BCUT2D eigenvalue weighted by Gasteiger charge is -2.09. The van der Waals surface area contributed by atoms with E-state index in [0.29, 0.717) is 10.7 Å². The Morgan fingerprint density at radius 1 is 1.41 bits per heavy atom. The molecule has 4 heteroatoms. The Hall–Kier alpha value is -1.42. The predicted molar refractivity (Wildman–Crippen MR) is 67.1 cm³/mol. The molecule has 0 aliphatic heterocycles. The van der Waals surface area contributed by atoms with E-state index in [4.69, 9.17) is 12.2 Å². The summed E-state index contributed by atoms with van der Waals surface area (Å²) in [5.74, 6) is 0.342. The van der Waals surface area contributed by atoms with Crippen molar-refractivity contribution in [2.75, 3.05) is 0 Å². The lowest BCUT2D eigenvalue weighted by Crippen LogP contribution is -1.99. The van der Waals surface area contributed by atoms with E-state index < -0.39 is 0 Å². The fraction of sp³-hybridized carbons (Fsp3) is 0.308. The Bertz CT molecular complexity index is 599. The summed E-state index contributed by atoms with van der Waals surface area (Å²) in [4.78, 5) is 6.08. The molecule has 1 atom stereocenters. The third-order valence-electron chi connectivity index (χ3n) is 3.46. The van der Waals surface area contributed by atoms with Crippen molar-refractivity contribution < 1.29 is 4.39 Å². The number of imidazole rings is 1. The molecule has 1 aliphatic carbocycles. The van der Waals surface area contributed by atoms with Crippen LogP contribution in [0.4, 0.5) is 4.39 Å². The summed E-state index contributed by atoms with van der Waals surface area (Å²) in [6.45, 7) is 0. The average molecular weight is 248 g/mol. The van der Waals surface area contributed by atoms with Gasteiger partial charge in [0.25, 0.3) is 0 Å². The van der Waals surface area contributed by atoms with Gasteiger partial charge in [0.1, 0.15) is 5.82 Å². The average Bonchev–Trinajstić information content (AvgIpc) is 2.88. The summed E-state index contributed by atoms with van der Waals surface area (Å²) in [6.07, 6.45) is 4.66. The maximum atomic E-state index is 13.6. The molecule has 1 aliphatic rings. The SMILES string of the molecule is Fc1cccc2c1CCC2Cc1c[nH]c(=S)[nH]1. The normalized spacial score (nSPS) is 18.3. The Labute approximate surface area is 104 Å². The second-order valence-corrected chi connectivity index (χ2v) is 4.92.